The molecule has 1 N–H and O–H groups in total. The minimum Gasteiger partial charge on any atom is -0.489 e. The summed E-state index contributed by atoms with van der Waals surface area (Å²) in [5, 5.41) is 9.83. The van der Waals surface area contributed by atoms with Crippen LogP contribution in [0.5, 0.6) is 5.75 Å². The second-order valence-corrected chi connectivity index (χ2v) is 10.7. The number of nitrogens with zero attached hydrogens (tertiary/aromatic N) is 3. The number of fused-ring (bicyclic) bond motifs is 1. The highest BCUT2D eigenvalue weighted by Gasteiger charge is 2.21. The number of pyridine rings is 1. The van der Waals surface area contributed by atoms with E-state index in [9.17, 15) is 19.1 Å². The van der Waals surface area contributed by atoms with E-state index in [1.807, 2.05) is 22.8 Å². The molecule has 0 spiro atoms. The van der Waals surface area contributed by atoms with E-state index < -0.39 is 11.8 Å². The molecule has 1 saturated heterocycles. The Kier molecular flexibility index (Phi) is 7.78. The maximum atomic E-state index is 14.1. The van der Waals surface area contributed by atoms with E-state index in [1.165, 1.54) is 12.1 Å². The molecule has 1 aliphatic heterocycles. The number of imidazole rings is 1. The van der Waals surface area contributed by atoms with Crippen molar-refractivity contribution in [2.24, 2.45) is 0 Å². The molecule has 1 atom stereocenters. The number of aromatic carboxylic acids is 1. The zero-order valence-corrected chi connectivity index (χ0v) is 23.3. The zero-order chi connectivity index (χ0) is 29.2. The number of carboxylic acids is 1. The van der Waals surface area contributed by atoms with Crippen LogP contribution >= 0.6 is 11.6 Å². The molecule has 5 aromatic rings. The van der Waals surface area contributed by atoms with E-state index >= 15 is 0 Å². The van der Waals surface area contributed by atoms with Crippen LogP contribution in [0.25, 0.3) is 22.2 Å². The van der Waals surface area contributed by atoms with E-state index in [-0.39, 0.29) is 30.4 Å². The maximum Gasteiger partial charge on any atom is 0.335 e. The lowest BCUT2D eigenvalue weighted by molar-refractivity contribution is 0.0697. The lowest BCUT2D eigenvalue weighted by atomic mass is 10.1. The summed E-state index contributed by atoms with van der Waals surface area (Å²) in [5.74, 6) is -0.270. The van der Waals surface area contributed by atoms with Crippen LogP contribution < -0.4 is 10.3 Å². The predicted octanol–water partition coefficient (Wildman–Crippen LogP) is 6.16. The van der Waals surface area contributed by atoms with Gasteiger partial charge in [0.05, 0.1) is 35.8 Å². The van der Waals surface area contributed by atoms with Gasteiger partial charge in [-0.05, 0) is 72.5 Å². The van der Waals surface area contributed by atoms with Crippen molar-refractivity contribution in [2.75, 3.05) is 6.61 Å². The summed E-state index contributed by atoms with van der Waals surface area (Å²) in [5.41, 5.74) is 3.18. The Balaban J connectivity index is 1.24. The third-order valence-electron chi connectivity index (χ3n) is 7.37. The summed E-state index contributed by atoms with van der Waals surface area (Å²) in [7, 11) is 0. The number of benzene rings is 3. The molecule has 3 aromatic carbocycles. The number of halogens is 2. The number of rotatable bonds is 9. The SMILES string of the molecule is O=C(O)c1ccc2nc(Cn3ccc(-c4cccc(OCc5ccc(Cl)cc5F)c4)cc3=O)n(CC3CCCO3)c2c1. The maximum absolute atomic E-state index is 14.1. The molecule has 0 amide bonds. The van der Waals surface area contributed by atoms with E-state index in [1.54, 1.807) is 53.2 Å². The Bertz CT molecular complexity index is 1840. The summed E-state index contributed by atoms with van der Waals surface area (Å²) in [4.78, 5) is 29.6. The number of hydrogen-bond acceptors (Lipinski definition) is 5. The summed E-state index contributed by atoms with van der Waals surface area (Å²) in [6.07, 6.45) is 3.59. The monoisotopic (exact) mass is 587 g/mol. The van der Waals surface area contributed by atoms with Crippen molar-refractivity contribution < 1.29 is 23.8 Å². The summed E-state index contributed by atoms with van der Waals surface area (Å²) >= 11 is 5.83. The van der Waals surface area contributed by atoms with Gasteiger partial charge in [-0.1, -0.05) is 29.8 Å². The van der Waals surface area contributed by atoms with E-state index in [2.05, 4.69) is 0 Å². The molecule has 0 radical (unpaired) electrons. The third kappa shape index (κ3) is 5.93. The highest BCUT2D eigenvalue weighted by atomic mass is 35.5. The Labute approximate surface area is 245 Å². The van der Waals surface area contributed by atoms with Gasteiger partial charge in [0.15, 0.2) is 0 Å². The molecule has 2 aromatic heterocycles. The fourth-order valence-electron chi connectivity index (χ4n) is 5.16. The van der Waals surface area contributed by atoms with Crippen LogP contribution in [0.1, 0.15) is 34.6 Å². The van der Waals surface area contributed by atoms with Gasteiger partial charge >= 0.3 is 5.97 Å². The predicted molar refractivity (Wildman–Crippen MR) is 157 cm³/mol. The van der Waals surface area contributed by atoms with Crippen LogP contribution in [-0.2, 0) is 24.4 Å². The largest absolute Gasteiger partial charge is 0.489 e. The van der Waals surface area contributed by atoms with Gasteiger partial charge in [-0.2, -0.15) is 0 Å². The van der Waals surface area contributed by atoms with Crippen molar-refractivity contribution in [3.63, 3.8) is 0 Å². The fourth-order valence-corrected chi connectivity index (χ4v) is 5.32. The van der Waals surface area contributed by atoms with Gasteiger partial charge in [0, 0.05) is 29.5 Å². The van der Waals surface area contributed by atoms with Gasteiger partial charge in [0.25, 0.3) is 5.56 Å². The Morgan fingerprint density at radius 2 is 1.95 bits per heavy atom. The normalized spacial score (nSPS) is 14.9. The second-order valence-electron chi connectivity index (χ2n) is 10.2. The summed E-state index contributed by atoms with van der Waals surface area (Å²) in [6, 6.07) is 19.9. The van der Waals surface area contributed by atoms with Crippen molar-refractivity contribution in [2.45, 2.75) is 38.6 Å². The van der Waals surface area contributed by atoms with Gasteiger partial charge in [0.1, 0.15) is 24.0 Å². The van der Waals surface area contributed by atoms with Crippen LogP contribution in [0.3, 0.4) is 0 Å². The molecule has 1 unspecified atom stereocenters. The first-order chi connectivity index (χ1) is 20.3. The molecular weight excluding hydrogens is 561 g/mol. The number of ether oxygens (including phenoxy) is 2. The van der Waals surface area contributed by atoms with Gasteiger partial charge in [0.2, 0.25) is 0 Å². The van der Waals surface area contributed by atoms with Gasteiger partial charge in [-0.15, -0.1) is 0 Å². The average molecular weight is 588 g/mol. The molecule has 42 heavy (non-hydrogen) atoms. The zero-order valence-electron chi connectivity index (χ0n) is 22.5. The first kappa shape index (κ1) is 27.7. The molecule has 0 bridgehead atoms. The van der Waals surface area contributed by atoms with Crippen molar-refractivity contribution in [1.29, 1.82) is 0 Å². The molecule has 214 valence electrons. The standard InChI is InChI=1S/C32H27ClFN3O5/c33-24-8-6-23(27(34)16-24)19-42-25-4-1-3-20(13-25)21-10-11-36(31(38)15-21)18-30-35-28-9-7-22(32(39)40)14-29(28)37(30)17-26-5-2-12-41-26/h1,3-4,6-11,13-16,26H,2,5,12,17-19H2,(H,39,40). The molecule has 8 nitrogen and oxygen atoms in total. The molecule has 0 saturated carbocycles. The van der Waals surface area contributed by atoms with E-state index in [0.29, 0.717) is 51.9 Å². The van der Waals surface area contributed by atoms with Gasteiger partial charge < -0.3 is 23.7 Å². The first-order valence-corrected chi connectivity index (χ1v) is 13.9. The van der Waals surface area contributed by atoms with Gasteiger partial charge in [-0.3, -0.25) is 4.79 Å². The molecule has 6 rings (SSSR count). The number of carbonyl (C=O) groups is 1. The molecule has 10 heteroatoms. The highest BCUT2D eigenvalue weighted by molar-refractivity contribution is 6.30. The molecule has 1 aliphatic rings. The lowest BCUT2D eigenvalue weighted by Crippen LogP contribution is -2.23. The van der Waals surface area contributed by atoms with Crippen molar-refractivity contribution >= 4 is 28.6 Å². The van der Waals surface area contributed by atoms with Crippen molar-refractivity contribution in [3.05, 3.63) is 117 Å². The summed E-state index contributed by atoms with van der Waals surface area (Å²) in [6.45, 7) is 1.46. The van der Waals surface area contributed by atoms with Crippen LogP contribution in [0.4, 0.5) is 4.39 Å². The van der Waals surface area contributed by atoms with Crippen LogP contribution in [0.15, 0.2) is 83.8 Å². The van der Waals surface area contributed by atoms with E-state index in [0.717, 1.165) is 18.4 Å². The number of carboxylic acid groups (broad SMARTS) is 1. The molecule has 0 aliphatic carbocycles. The van der Waals surface area contributed by atoms with Crippen molar-refractivity contribution in [3.8, 4) is 16.9 Å². The Hall–Kier alpha value is -4.47. The third-order valence-corrected chi connectivity index (χ3v) is 7.60. The number of hydrogen-bond donors (Lipinski definition) is 1. The van der Waals surface area contributed by atoms with Crippen LogP contribution in [0, 0.1) is 5.82 Å². The van der Waals surface area contributed by atoms with Gasteiger partial charge in [-0.25, -0.2) is 14.2 Å². The minimum absolute atomic E-state index is 0.000545. The molecular formula is C32H27ClFN3O5. The quantitative estimate of drug-likeness (QED) is 0.222. The summed E-state index contributed by atoms with van der Waals surface area (Å²) < 4.78 is 29.3. The topological polar surface area (TPSA) is 95.6 Å². The van der Waals surface area contributed by atoms with Crippen LogP contribution in [0.2, 0.25) is 5.02 Å². The highest BCUT2D eigenvalue weighted by Crippen LogP contribution is 2.26. The Morgan fingerprint density at radius 3 is 2.71 bits per heavy atom. The van der Waals surface area contributed by atoms with Crippen LogP contribution in [-0.4, -0.2) is 37.9 Å². The Morgan fingerprint density at radius 1 is 1.10 bits per heavy atom. The minimum atomic E-state index is -1.01. The van der Waals surface area contributed by atoms with E-state index in [4.69, 9.17) is 26.1 Å². The molecule has 3 heterocycles. The molecule has 1 fully saturated rings. The smallest absolute Gasteiger partial charge is 0.335 e. The lowest BCUT2D eigenvalue weighted by Gasteiger charge is -2.15. The first-order valence-electron chi connectivity index (χ1n) is 13.6. The fraction of sp³-hybridized carbons (Fsp3) is 0.219. The van der Waals surface area contributed by atoms with Crippen molar-refractivity contribution in [1.82, 2.24) is 14.1 Å². The second kappa shape index (κ2) is 11.8. The number of aromatic nitrogens is 3. The average Bonchev–Trinajstić information content (AvgIpc) is 3.61.